The van der Waals surface area contributed by atoms with E-state index in [4.69, 9.17) is 16.2 Å². The number of hydrogen-bond acceptors (Lipinski definition) is 3. The maximum absolute atomic E-state index is 5.28. The van der Waals surface area contributed by atoms with E-state index in [-0.39, 0.29) is 0 Å². The minimum atomic E-state index is 0.824. The highest BCUT2D eigenvalue weighted by atomic mass is 16.5. The van der Waals surface area contributed by atoms with E-state index >= 15 is 0 Å². The van der Waals surface area contributed by atoms with E-state index < -0.39 is 0 Å². The molecule has 0 heterocycles. The van der Waals surface area contributed by atoms with Gasteiger partial charge in [0.1, 0.15) is 0 Å². The zero-order valence-electron chi connectivity index (χ0n) is 9.22. The summed E-state index contributed by atoms with van der Waals surface area (Å²) < 4.78 is 4.83. The van der Waals surface area contributed by atoms with Crippen molar-refractivity contribution >= 4 is 0 Å². The standard InChI is InChI=1S/C6H16N2.C4H10O/c7-5-3-1-2-4-6-8;1-3-5-4-2/h1-8H2;3-4H2,1-2H3. The second-order valence-electron chi connectivity index (χ2n) is 2.77. The van der Waals surface area contributed by atoms with Gasteiger partial charge in [-0.2, -0.15) is 0 Å². The van der Waals surface area contributed by atoms with Crippen molar-refractivity contribution in [2.45, 2.75) is 39.5 Å². The van der Waals surface area contributed by atoms with Crippen molar-refractivity contribution in [2.24, 2.45) is 11.5 Å². The summed E-state index contributed by atoms with van der Waals surface area (Å²) in [4.78, 5) is 0. The van der Waals surface area contributed by atoms with Gasteiger partial charge in [-0.1, -0.05) is 12.8 Å². The number of hydrogen-bond donors (Lipinski definition) is 2. The Kier molecular flexibility index (Phi) is 21.1. The number of ether oxygens (including phenoxy) is 1. The molecule has 0 unspecified atom stereocenters. The first-order chi connectivity index (χ1) is 6.33. The molecule has 0 saturated carbocycles. The van der Waals surface area contributed by atoms with Crippen molar-refractivity contribution in [2.75, 3.05) is 26.3 Å². The Morgan fingerprint density at radius 2 is 1.15 bits per heavy atom. The highest BCUT2D eigenvalue weighted by Gasteiger charge is 1.83. The molecule has 0 fully saturated rings. The van der Waals surface area contributed by atoms with Gasteiger partial charge in [-0.3, -0.25) is 0 Å². The Morgan fingerprint density at radius 1 is 0.769 bits per heavy atom. The van der Waals surface area contributed by atoms with E-state index in [0.29, 0.717) is 0 Å². The number of unbranched alkanes of at least 4 members (excludes halogenated alkanes) is 3. The molecule has 0 amide bonds. The normalized spacial score (nSPS) is 9.23. The van der Waals surface area contributed by atoms with Gasteiger partial charge in [0, 0.05) is 13.2 Å². The summed E-state index contributed by atoms with van der Waals surface area (Å²) in [6, 6.07) is 0. The van der Waals surface area contributed by atoms with Gasteiger partial charge >= 0.3 is 0 Å². The second kappa shape index (κ2) is 17.8. The highest BCUT2D eigenvalue weighted by Crippen LogP contribution is 1.95. The van der Waals surface area contributed by atoms with Crippen LogP contribution in [-0.4, -0.2) is 26.3 Å². The van der Waals surface area contributed by atoms with Crippen molar-refractivity contribution in [3.8, 4) is 0 Å². The third-order valence-corrected chi connectivity index (χ3v) is 1.57. The van der Waals surface area contributed by atoms with E-state index in [0.717, 1.165) is 39.1 Å². The van der Waals surface area contributed by atoms with Crippen LogP contribution in [0.25, 0.3) is 0 Å². The van der Waals surface area contributed by atoms with Gasteiger partial charge in [-0.25, -0.2) is 0 Å². The van der Waals surface area contributed by atoms with Gasteiger partial charge in [0.25, 0.3) is 0 Å². The van der Waals surface area contributed by atoms with Crippen LogP contribution >= 0.6 is 0 Å². The summed E-state index contributed by atoms with van der Waals surface area (Å²) in [5.74, 6) is 0. The Balaban J connectivity index is 0. The Labute approximate surface area is 82.8 Å². The van der Waals surface area contributed by atoms with Crippen LogP contribution in [0.3, 0.4) is 0 Å². The molecule has 0 radical (unpaired) electrons. The summed E-state index contributed by atoms with van der Waals surface area (Å²) in [6.45, 7) is 7.31. The Hall–Kier alpha value is -0.120. The summed E-state index contributed by atoms with van der Waals surface area (Å²) in [7, 11) is 0. The third-order valence-electron chi connectivity index (χ3n) is 1.57. The molecule has 0 aromatic rings. The molecule has 0 saturated heterocycles. The Morgan fingerprint density at radius 3 is 1.31 bits per heavy atom. The topological polar surface area (TPSA) is 61.3 Å². The SMILES string of the molecule is CCOCC.NCCCCCCN. The van der Waals surface area contributed by atoms with Crippen LogP contribution in [0.5, 0.6) is 0 Å². The molecular formula is C10H26N2O. The van der Waals surface area contributed by atoms with Crippen molar-refractivity contribution in [3.63, 3.8) is 0 Å². The first kappa shape index (κ1) is 15.4. The van der Waals surface area contributed by atoms with Gasteiger partial charge < -0.3 is 16.2 Å². The van der Waals surface area contributed by atoms with Crippen LogP contribution < -0.4 is 11.5 Å². The highest BCUT2D eigenvalue weighted by molar-refractivity contribution is 4.43. The monoisotopic (exact) mass is 190 g/mol. The first-order valence-electron chi connectivity index (χ1n) is 5.31. The average molecular weight is 190 g/mol. The molecule has 13 heavy (non-hydrogen) atoms. The predicted molar refractivity (Wildman–Crippen MR) is 58.7 cm³/mol. The molecule has 0 aliphatic rings. The van der Waals surface area contributed by atoms with E-state index in [1.54, 1.807) is 0 Å². The zero-order valence-corrected chi connectivity index (χ0v) is 9.22. The van der Waals surface area contributed by atoms with E-state index in [2.05, 4.69) is 0 Å². The third kappa shape index (κ3) is 24.5. The molecule has 0 bridgehead atoms. The minimum absolute atomic E-state index is 0.824. The van der Waals surface area contributed by atoms with Crippen molar-refractivity contribution in [3.05, 3.63) is 0 Å². The molecule has 3 nitrogen and oxygen atoms in total. The molecular weight excluding hydrogens is 164 g/mol. The first-order valence-corrected chi connectivity index (χ1v) is 5.31. The lowest BCUT2D eigenvalue weighted by Crippen LogP contribution is -2.00. The lowest BCUT2D eigenvalue weighted by atomic mass is 10.2. The van der Waals surface area contributed by atoms with Crippen LogP contribution in [0.1, 0.15) is 39.5 Å². The van der Waals surface area contributed by atoms with Crippen LogP contribution in [0.15, 0.2) is 0 Å². The van der Waals surface area contributed by atoms with Gasteiger partial charge in [-0.05, 0) is 39.8 Å². The summed E-state index contributed by atoms with van der Waals surface area (Å²) in [5, 5.41) is 0. The molecule has 4 N–H and O–H groups in total. The maximum Gasteiger partial charge on any atom is 0.0437 e. The van der Waals surface area contributed by atoms with Crippen molar-refractivity contribution in [1.82, 2.24) is 0 Å². The largest absolute Gasteiger partial charge is 0.382 e. The number of rotatable bonds is 7. The van der Waals surface area contributed by atoms with Crippen molar-refractivity contribution in [1.29, 1.82) is 0 Å². The van der Waals surface area contributed by atoms with Gasteiger partial charge in [0.2, 0.25) is 0 Å². The van der Waals surface area contributed by atoms with E-state index in [1.165, 1.54) is 12.8 Å². The molecule has 0 atom stereocenters. The van der Waals surface area contributed by atoms with Crippen LogP contribution in [-0.2, 0) is 4.74 Å². The summed E-state index contributed by atoms with van der Waals surface area (Å²) in [5.41, 5.74) is 10.6. The maximum atomic E-state index is 5.28. The van der Waals surface area contributed by atoms with Gasteiger partial charge in [0.05, 0.1) is 0 Å². The van der Waals surface area contributed by atoms with Crippen molar-refractivity contribution < 1.29 is 4.74 Å². The fourth-order valence-electron chi connectivity index (χ4n) is 0.846. The fraction of sp³-hybridized carbons (Fsp3) is 1.00. The Bertz CT molecular complexity index is 61.9. The number of nitrogens with two attached hydrogens (primary N) is 2. The lowest BCUT2D eigenvalue weighted by molar-refractivity contribution is 0.162. The second-order valence-corrected chi connectivity index (χ2v) is 2.77. The zero-order chi connectivity index (χ0) is 10.4. The minimum Gasteiger partial charge on any atom is -0.382 e. The predicted octanol–water partition coefficient (Wildman–Crippen LogP) is 1.51. The molecule has 0 aromatic heterocycles. The molecule has 82 valence electrons. The molecule has 0 aromatic carbocycles. The van der Waals surface area contributed by atoms with E-state index in [9.17, 15) is 0 Å². The average Bonchev–Trinajstić information content (AvgIpc) is 2.15. The summed E-state index contributed by atoms with van der Waals surface area (Å²) >= 11 is 0. The fourth-order valence-corrected chi connectivity index (χ4v) is 0.846. The smallest absolute Gasteiger partial charge is 0.0437 e. The van der Waals surface area contributed by atoms with E-state index in [1.807, 2.05) is 13.8 Å². The molecule has 0 aliphatic heterocycles. The quantitative estimate of drug-likeness (QED) is 0.598. The van der Waals surface area contributed by atoms with Crippen LogP contribution in [0.4, 0.5) is 0 Å². The van der Waals surface area contributed by atoms with Gasteiger partial charge in [-0.15, -0.1) is 0 Å². The van der Waals surface area contributed by atoms with Crippen LogP contribution in [0, 0.1) is 0 Å². The van der Waals surface area contributed by atoms with Gasteiger partial charge in [0.15, 0.2) is 0 Å². The summed E-state index contributed by atoms with van der Waals surface area (Å²) in [6.07, 6.45) is 4.79. The lowest BCUT2D eigenvalue weighted by Gasteiger charge is -1.94. The molecule has 3 heteroatoms. The molecule has 0 rings (SSSR count). The van der Waals surface area contributed by atoms with Crippen LogP contribution in [0.2, 0.25) is 0 Å². The molecule has 0 aliphatic carbocycles. The molecule has 0 spiro atoms.